The summed E-state index contributed by atoms with van der Waals surface area (Å²) < 4.78 is 14.0. The average molecular weight is 248 g/mol. The summed E-state index contributed by atoms with van der Waals surface area (Å²) in [7, 11) is 0. The van der Waals surface area contributed by atoms with Gasteiger partial charge in [0.15, 0.2) is 11.6 Å². The molecule has 0 aromatic carbocycles. The number of anilines is 1. The van der Waals surface area contributed by atoms with Crippen molar-refractivity contribution in [1.29, 1.82) is 0 Å². The summed E-state index contributed by atoms with van der Waals surface area (Å²) in [6.45, 7) is 3.22. The molecule has 1 fully saturated rings. The van der Waals surface area contributed by atoms with Crippen molar-refractivity contribution in [1.82, 2.24) is 25.0 Å². The van der Waals surface area contributed by atoms with Crippen LogP contribution >= 0.6 is 0 Å². The van der Waals surface area contributed by atoms with Crippen LogP contribution in [0.1, 0.15) is 18.7 Å². The van der Waals surface area contributed by atoms with Crippen molar-refractivity contribution in [2.45, 2.75) is 19.4 Å². The molecule has 0 aliphatic carbocycles. The van der Waals surface area contributed by atoms with Gasteiger partial charge in [0.25, 0.3) is 0 Å². The van der Waals surface area contributed by atoms with Gasteiger partial charge in [-0.1, -0.05) is 6.92 Å². The summed E-state index contributed by atoms with van der Waals surface area (Å²) in [6.07, 6.45) is 5.27. The Bertz CT molecular complexity index is 534. The number of hydrogen-bond donors (Lipinski definition) is 0. The first kappa shape index (κ1) is 11.1. The molecule has 0 N–H and O–H groups in total. The van der Waals surface area contributed by atoms with Gasteiger partial charge in [0.1, 0.15) is 12.4 Å². The molecule has 0 atom stereocenters. The molecule has 6 nitrogen and oxygen atoms in total. The molecule has 2 aromatic heterocycles. The minimum absolute atomic E-state index is 0.194. The first-order valence-corrected chi connectivity index (χ1v) is 5.89. The van der Waals surface area contributed by atoms with Gasteiger partial charge in [-0.25, -0.2) is 14.4 Å². The van der Waals surface area contributed by atoms with E-state index in [0.717, 1.165) is 0 Å². The van der Waals surface area contributed by atoms with Crippen LogP contribution in [0.3, 0.4) is 0 Å². The molecule has 0 spiro atoms. The lowest BCUT2D eigenvalue weighted by atomic mass is 10.1. The highest BCUT2D eigenvalue weighted by atomic mass is 19.1. The second-order valence-electron chi connectivity index (χ2n) is 4.22. The van der Waals surface area contributed by atoms with E-state index in [4.69, 9.17) is 0 Å². The van der Waals surface area contributed by atoms with Gasteiger partial charge in [0.05, 0.1) is 18.1 Å². The maximum absolute atomic E-state index is 14.0. The van der Waals surface area contributed by atoms with Crippen LogP contribution in [-0.4, -0.2) is 38.1 Å². The molecule has 0 saturated carbocycles. The van der Waals surface area contributed by atoms with E-state index in [-0.39, 0.29) is 11.9 Å². The predicted molar refractivity (Wildman–Crippen MR) is 62.6 cm³/mol. The molecule has 0 amide bonds. The van der Waals surface area contributed by atoms with Gasteiger partial charge in [-0.3, -0.25) is 0 Å². The molecule has 0 bridgehead atoms. The van der Waals surface area contributed by atoms with E-state index in [1.165, 1.54) is 6.33 Å². The zero-order valence-corrected chi connectivity index (χ0v) is 9.99. The minimum atomic E-state index is -0.313. The molecule has 7 heteroatoms. The van der Waals surface area contributed by atoms with E-state index < -0.39 is 0 Å². The summed E-state index contributed by atoms with van der Waals surface area (Å²) in [5, 5.41) is 8.15. The Morgan fingerprint density at radius 1 is 1.28 bits per heavy atom. The fourth-order valence-corrected chi connectivity index (χ4v) is 2.05. The smallest absolute Gasteiger partial charge is 0.187 e. The Morgan fingerprint density at radius 3 is 2.67 bits per heavy atom. The summed E-state index contributed by atoms with van der Waals surface area (Å²) >= 11 is 0. The van der Waals surface area contributed by atoms with Gasteiger partial charge in [0, 0.05) is 13.1 Å². The van der Waals surface area contributed by atoms with Gasteiger partial charge in [-0.05, 0) is 6.42 Å². The van der Waals surface area contributed by atoms with Gasteiger partial charge in [0.2, 0.25) is 0 Å². The van der Waals surface area contributed by atoms with E-state index >= 15 is 0 Å². The zero-order chi connectivity index (χ0) is 12.5. The minimum Gasteiger partial charge on any atom is -0.350 e. The van der Waals surface area contributed by atoms with Crippen molar-refractivity contribution < 1.29 is 4.39 Å². The number of aromatic nitrogens is 5. The van der Waals surface area contributed by atoms with Crippen molar-refractivity contribution in [3.63, 3.8) is 0 Å². The zero-order valence-electron chi connectivity index (χ0n) is 9.99. The highest BCUT2D eigenvalue weighted by Crippen LogP contribution is 2.27. The third-order valence-corrected chi connectivity index (χ3v) is 3.10. The van der Waals surface area contributed by atoms with Gasteiger partial charge in [-0.2, -0.15) is 15.0 Å². The van der Waals surface area contributed by atoms with Crippen LogP contribution < -0.4 is 4.90 Å². The van der Waals surface area contributed by atoms with Crippen molar-refractivity contribution in [2.75, 3.05) is 18.0 Å². The van der Waals surface area contributed by atoms with E-state index in [1.807, 2.05) is 11.8 Å². The largest absolute Gasteiger partial charge is 0.350 e. The third kappa shape index (κ3) is 1.71. The number of nitrogens with zero attached hydrogens (tertiary/aromatic N) is 6. The van der Waals surface area contributed by atoms with Crippen LogP contribution in [-0.2, 0) is 6.42 Å². The maximum Gasteiger partial charge on any atom is 0.187 e. The average Bonchev–Trinajstić information content (AvgIpc) is 2.83. The van der Waals surface area contributed by atoms with Crippen molar-refractivity contribution in [3.8, 4) is 0 Å². The SMILES string of the molecule is CCc1ncnc(N2CC(n3nccn3)C2)c1F. The van der Waals surface area contributed by atoms with Crippen molar-refractivity contribution in [2.24, 2.45) is 0 Å². The van der Waals surface area contributed by atoms with E-state index in [9.17, 15) is 4.39 Å². The standard InChI is InChI=1S/C11H13FN6/c1-2-9-10(12)11(14-7-13-9)17-5-8(6-17)18-15-3-4-16-18/h3-4,7-8H,2,5-6H2,1H3. The monoisotopic (exact) mass is 248 g/mol. The van der Waals surface area contributed by atoms with Crippen LogP contribution in [0.5, 0.6) is 0 Å². The fourth-order valence-electron chi connectivity index (χ4n) is 2.05. The van der Waals surface area contributed by atoms with E-state index in [0.29, 0.717) is 31.0 Å². The molecule has 2 aromatic rings. The van der Waals surface area contributed by atoms with Crippen LogP contribution in [0.15, 0.2) is 18.7 Å². The molecule has 3 heterocycles. The van der Waals surface area contributed by atoms with Crippen LogP contribution in [0.2, 0.25) is 0 Å². The first-order chi connectivity index (χ1) is 8.79. The highest BCUT2D eigenvalue weighted by molar-refractivity contribution is 5.44. The van der Waals surface area contributed by atoms with E-state index in [1.54, 1.807) is 17.2 Å². The molecule has 0 unspecified atom stereocenters. The molecule has 1 aliphatic heterocycles. The lowest BCUT2D eigenvalue weighted by Crippen LogP contribution is -2.49. The number of aryl methyl sites for hydroxylation is 1. The Hall–Kier alpha value is -2.05. The molecule has 0 radical (unpaired) electrons. The quantitative estimate of drug-likeness (QED) is 0.805. The highest BCUT2D eigenvalue weighted by Gasteiger charge is 2.32. The first-order valence-electron chi connectivity index (χ1n) is 5.89. The number of hydrogen-bond acceptors (Lipinski definition) is 5. The van der Waals surface area contributed by atoms with Crippen LogP contribution in [0.4, 0.5) is 10.2 Å². The lowest BCUT2D eigenvalue weighted by molar-refractivity contribution is 0.327. The fraction of sp³-hybridized carbons (Fsp3) is 0.455. The predicted octanol–water partition coefficient (Wildman–Crippen LogP) is 0.831. The summed E-state index contributed by atoms with van der Waals surface area (Å²) in [5.74, 6) is 0.0668. The lowest BCUT2D eigenvalue weighted by Gasteiger charge is -2.39. The Labute approximate surface area is 103 Å². The van der Waals surface area contributed by atoms with Crippen LogP contribution in [0, 0.1) is 5.82 Å². The summed E-state index contributed by atoms with van der Waals surface area (Å²) in [5.41, 5.74) is 0.459. The topological polar surface area (TPSA) is 59.7 Å². The Kier molecular flexibility index (Phi) is 2.66. The molecule has 1 saturated heterocycles. The third-order valence-electron chi connectivity index (χ3n) is 3.10. The second kappa shape index (κ2) is 4.32. The van der Waals surface area contributed by atoms with Crippen molar-refractivity contribution in [3.05, 3.63) is 30.2 Å². The second-order valence-corrected chi connectivity index (χ2v) is 4.22. The van der Waals surface area contributed by atoms with Crippen LogP contribution in [0.25, 0.3) is 0 Å². The Balaban J connectivity index is 1.75. The number of halogens is 1. The summed E-state index contributed by atoms with van der Waals surface area (Å²) in [6, 6.07) is 0.194. The maximum atomic E-state index is 14.0. The Morgan fingerprint density at radius 2 is 2.00 bits per heavy atom. The number of rotatable bonds is 3. The van der Waals surface area contributed by atoms with Gasteiger partial charge >= 0.3 is 0 Å². The van der Waals surface area contributed by atoms with Crippen molar-refractivity contribution >= 4 is 5.82 Å². The molecular weight excluding hydrogens is 235 g/mol. The normalized spacial score (nSPS) is 15.8. The summed E-state index contributed by atoms with van der Waals surface area (Å²) in [4.78, 5) is 11.5. The van der Waals surface area contributed by atoms with Gasteiger partial charge in [-0.15, -0.1) is 0 Å². The molecule has 1 aliphatic rings. The molecular formula is C11H13FN6. The molecule has 3 rings (SSSR count). The molecule has 94 valence electrons. The van der Waals surface area contributed by atoms with E-state index in [2.05, 4.69) is 20.2 Å². The van der Waals surface area contributed by atoms with Gasteiger partial charge < -0.3 is 4.90 Å². The molecule has 18 heavy (non-hydrogen) atoms.